The molecule has 0 spiro atoms. The van der Waals surface area contributed by atoms with E-state index in [1.54, 1.807) is 17.1 Å². The lowest BCUT2D eigenvalue weighted by Crippen LogP contribution is -2.45. The van der Waals surface area contributed by atoms with Gasteiger partial charge in [-0.3, -0.25) is 9.69 Å². The average Bonchev–Trinajstić information content (AvgIpc) is 3.31. The summed E-state index contributed by atoms with van der Waals surface area (Å²) in [5, 5.41) is 0.357. The van der Waals surface area contributed by atoms with Crippen molar-refractivity contribution in [1.82, 2.24) is 9.80 Å². The van der Waals surface area contributed by atoms with Crippen molar-refractivity contribution >= 4 is 17.5 Å². The summed E-state index contributed by atoms with van der Waals surface area (Å²) in [4.78, 5) is 16.1. The largest absolute Gasteiger partial charge is 0.416 e. The summed E-state index contributed by atoms with van der Waals surface area (Å²) in [5.41, 5.74) is 4.95. The topological polar surface area (TPSA) is 49.6 Å². The Morgan fingerprint density at radius 3 is 2.53 bits per heavy atom. The number of hydrogen-bond donors (Lipinski definition) is 1. The molecule has 1 heterocycles. The molecule has 1 amide bonds. The number of halogens is 7. The van der Waals surface area contributed by atoms with Gasteiger partial charge in [-0.2, -0.15) is 13.2 Å². The number of nitrogens with two attached hydrogens (primary N) is 1. The molecule has 0 radical (unpaired) electrons. The molecular weight excluding hydrogens is 508 g/mol. The van der Waals surface area contributed by atoms with Gasteiger partial charge < -0.3 is 10.6 Å². The van der Waals surface area contributed by atoms with Crippen molar-refractivity contribution in [2.45, 2.75) is 37.6 Å². The Labute approximate surface area is 208 Å². The summed E-state index contributed by atoms with van der Waals surface area (Å²) in [7, 11) is 0. The third kappa shape index (κ3) is 5.54. The third-order valence-electron chi connectivity index (χ3n) is 6.44. The fourth-order valence-corrected chi connectivity index (χ4v) is 4.80. The monoisotopic (exact) mass is 529 g/mol. The lowest BCUT2D eigenvalue weighted by Gasteiger charge is -2.37. The summed E-state index contributed by atoms with van der Waals surface area (Å²) in [6, 6.07) is 4.57. The Morgan fingerprint density at radius 1 is 1.11 bits per heavy atom. The van der Waals surface area contributed by atoms with Crippen LogP contribution >= 0.6 is 11.6 Å². The summed E-state index contributed by atoms with van der Waals surface area (Å²) in [6.07, 6.45) is -0.785. The number of likely N-dealkylation sites (tertiary alicyclic amines) is 1. The Hall–Kier alpha value is -2.98. The number of nitrogens with zero attached hydrogens (tertiary/aromatic N) is 2. The van der Waals surface area contributed by atoms with Gasteiger partial charge >= 0.3 is 6.18 Å². The zero-order chi connectivity index (χ0) is 26.2. The van der Waals surface area contributed by atoms with Crippen LogP contribution in [0.5, 0.6) is 0 Å². The summed E-state index contributed by atoms with van der Waals surface area (Å²) < 4.78 is 81.6. The van der Waals surface area contributed by atoms with Gasteiger partial charge in [-0.25, -0.2) is 13.2 Å². The molecule has 0 aromatic heterocycles. The number of rotatable bonds is 5. The first-order valence-electron chi connectivity index (χ1n) is 11.1. The minimum Gasteiger partial charge on any atom is -0.398 e. The van der Waals surface area contributed by atoms with E-state index >= 15 is 0 Å². The van der Waals surface area contributed by atoms with E-state index in [2.05, 4.69) is 0 Å². The molecule has 4 nitrogen and oxygen atoms in total. The highest BCUT2D eigenvalue weighted by molar-refractivity contribution is 6.30. The molecule has 1 aliphatic heterocycles. The van der Waals surface area contributed by atoms with Crippen molar-refractivity contribution in [3.63, 3.8) is 0 Å². The van der Waals surface area contributed by atoms with Crippen molar-refractivity contribution < 1.29 is 31.1 Å². The molecule has 1 fully saturated rings. The van der Waals surface area contributed by atoms with Gasteiger partial charge in [0.2, 0.25) is 0 Å². The summed E-state index contributed by atoms with van der Waals surface area (Å²) >= 11 is 6.24. The third-order valence-corrected chi connectivity index (χ3v) is 6.81. The predicted octanol–water partition coefficient (Wildman–Crippen LogP) is 5.58. The van der Waals surface area contributed by atoms with Crippen LogP contribution in [-0.4, -0.2) is 40.9 Å². The van der Waals surface area contributed by atoms with Gasteiger partial charge in [-0.05, 0) is 48.4 Å². The smallest absolute Gasteiger partial charge is 0.398 e. The van der Waals surface area contributed by atoms with Crippen LogP contribution in [0.25, 0.3) is 0 Å². The highest BCUT2D eigenvalue weighted by Crippen LogP contribution is 2.35. The first-order chi connectivity index (χ1) is 16.9. The molecule has 4 rings (SSSR count). The standard InChI is InChI=1S/C25H22ClF6N3O/c26-20-11-17(4-6-23(20)33)35(12-15-1-3-16(27)10-19(15)25(30,31)32)18-7-8-34(13-18)24(36)14-2-5-21(28)22(29)9-14/h1-6,9-10,17-18H,7-8,11-13,33H2/t17?,18-/m0/s1. The molecule has 2 aromatic carbocycles. The first-order valence-corrected chi connectivity index (χ1v) is 11.5. The molecule has 2 aromatic rings. The molecule has 1 unspecified atom stereocenters. The zero-order valence-electron chi connectivity index (χ0n) is 18.8. The molecule has 11 heteroatoms. The quantitative estimate of drug-likeness (QED) is 0.515. The Balaban J connectivity index is 1.61. The van der Waals surface area contributed by atoms with E-state index in [4.69, 9.17) is 17.3 Å². The molecule has 2 aliphatic rings. The van der Waals surface area contributed by atoms with Crippen LogP contribution in [0.1, 0.15) is 34.3 Å². The Morgan fingerprint density at radius 2 is 1.86 bits per heavy atom. The number of amides is 1. The van der Waals surface area contributed by atoms with Crippen molar-refractivity contribution in [3.8, 4) is 0 Å². The van der Waals surface area contributed by atoms with Crippen LogP contribution in [0.3, 0.4) is 0 Å². The van der Waals surface area contributed by atoms with Crippen molar-refractivity contribution in [3.05, 3.63) is 93.4 Å². The number of carbonyl (C=O) groups is 1. The average molecular weight is 530 g/mol. The molecule has 0 saturated carbocycles. The maximum atomic E-state index is 13.7. The van der Waals surface area contributed by atoms with Crippen LogP contribution < -0.4 is 5.73 Å². The normalized spacial score (nSPS) is 20.5. The fraction of sp³-hybridized carbons (Fsp3) is 0.320. The van der Waals surface area contributed by atoms with E-state index in [9.17, 15) is 31.1 Å². The Kier molecular flexibility index (Phi) is 7.38. The van der Waals surface area contributed by atoms with Crippen molar-refractivity contribution in [1.29, 1.82) is 0 Å². The second-order valence-electron chi connectivity index (χ2n) is 8.78. The van der Waals surface area contributed by atoms with Gasteiger partial charge in [0.15, 0.2) is 11.6 Å². The second-order valence-corrected chi connectivity index (χ2v) is 9.24. The highest BCUT2D eigenvalue weighted by atomic mass is 35.5. The van der Waals surface area contributed by atoms with Gasteiger partial charge in [0, 0.05) is 54.4 Å². The van der Waals surface area contributed by atoms with E-state index in [1.165, 1.54) is 11.0 Å². The number of benzene rings is 2. The van der Waals surface area contributed by atoms with Crippen molar-refractivity contribution in [2.75, 3.05) is 13.1 Å². The summed E-state index contributed by atoms with van der Waals surface area (Å²) in [5.74, 6) is -3.75. The van der Waals surface area contributed by atoms with Crippen LogP contribution in [0.15, 0.2) is 59.3 Å². The fourth-order valence-electron chi connectivity index (χ4n) is 4.58. The van der Waals surface area contributed by atoms with Gasteiger partial charge in [-0.1, -0.05) is 23.7 Å². The number of alkyl halides is 3. The van der Waals surface area contributed by atoms with Crippen LogP contribution in [-0.2, 0) is 12.7 Å². The molecule has 192 valence electrons. The number of carbonyl (C=O) groups excluding carboxylic acids is 1. The molecule has 36 heavy (non-hydrogen) atoms. The van der Waals surface area contributed by atoms with E-state index in [0.717, 1.165) is 24.3 Å². The van der Waals surface area contributed by atoms with Crippen molar-refractivity contribution in [2.24, 2.45) is 5.73 Å². The molecule has 2 atom stereocenters. The first kappa shape index (κ1) is 26.1. The van der Waals surface area contributed by atoms with E-state index < -0.39 is 41.1 Å². The predicted molar refractivity (Wildman–Crippen MR) is 122 cm³/mol. The van der Waals surface area contributed by atoms with E-state index in [-0.39, 0.29) is 43.2 Å². The number of allylic oxidation sites excluding steroid dienone is 1. The van der Waals surface area contributed by atoms with E-state index in [0.29, 0.717) is 23.2 Å². The van der Waals surface area contributed by atoms with Gasteiger partial charge in [-0.15, -0.1) is 0 Å². The molecular formula is C25H22ClF6N3O. The van der Waals surface area contributed by atoms with E-state index in [1.807, 2.05) is 0 Å². The zero-order valence-corrected chi connectivity index (χ0v) is 19.6. The minimum atomic E-state index is -4.77. The van der Waals surface area contributed by atoms with Crippen LogP contribution in [0.4, 0.5) is 26.3 Å². The molecule has 1 saturated heterocycles. The molecule has 0 bridgehead atoms. The van der Waals surface area contributed by atoms with Gasteiger partial charge in [0.05, 0.1) is 5.56 Å². The number of hydrogen-bond acceptors (Lipinski definition) is 3. The maximum absolute atomic E-state index is 13.7. The maximum Gasteiger partial charge on any atom is 0.416 e. The Bertz CT molecular complexity index is 1230. The van der Waals surface area contributed by atoms with Gasteiger partial charge in [0.25, 0.3) is 5.91 Å². The van der Waals surface area contributed by atoms with Gasteiger partial charge in [0.1, 0.15) is 5.82 Å². The van der Waals surface area contributed by atoms with Crippen LogP contribution in [0.2, 0.25) is 0 Å². The summed E-state index contributed by atoms with van der Waals surface area (Å²) in [6.45, 7) is 0.213. The highest BCUT2D eigenvalue weighted by Gasteiger charge is 2.38. The van der Waals surface area contributed by atoms with Crippen LogP contribution in [0, 0.1) is 17.5 Å². The second kappa shape index (κ2) is 10.2. The molecule has 1 aliphatic carbocycles. The lowest BCUT2D eigenvalue weighted by molar-refractivity contribution is -0.138. The lowest BCUT2D eigenvalue weighted by atomic mass is 9.99. The minimum absolute atomic E-state index is 0.0321. The molecule has 2 N–H and O–H groups in total. The SMILES string of the molecule is NC1=C(Cl)CC(N(Cc2ccc(F)cc2C(F)(F)F)[C@H]2CCN(C(=O)c3ccc(F)c(F)c3)C2)C=C1.